The topological polar surface area (TPSA) is 29.3 Å². The van der Waals surface area contributed by atoms with E-state index in [-0.39, 0.29) is 0 Å². The molecule has 1 aromatic rings. The van der Waals surface area contributed by atoms with Crippen LogP contribution in [0.1, 0.15) is 18.4 Å². The van der Waals surface area contributed by atoms with Gasteiger partial charge in [-0.1, -0.05) is 0 Å². The number of nitrogen functional groups attached to an aromatic ring is 1. The van der Waals surface area contributed by atoms with Crippen LogP contribution in [0, 0.1) is 6.92 Å². The van der Waals surface area contributed by atoms with E-state index in [9.17, 15) is 0 Å². The highest BCUT2D eigenvalue weighted by Crippen LogP contribution is 2.31. The highest BCUT2D eigenvalue weighted by molar-refractivity contribution is 5.58. The van der Waals surface area contributed by atoms with Crippen LogP contribution in [-0.2, 0) is 0 Å². The zero-order chi connectivity index (χ0) is 9.42. The molecule has 0 atom stereocenters. The van der Waals surface area contributed by atoms with Crippen molar-refractivity contribution in [3.8, 4) is 0 Å². The van der Waals surface area contributed by atoms with Crippen molar-refractivity contribution in [1.29, 1.82) is 0 Å². The maximum Gasteiger partial charge on any atom is 0.0389 e. The third-order valence-electron chi connectivity index (χ3n) is 2.59. The minimum Gasteiger partial charge on any atom is -0.399 e. The van der Waals surface area contributed by atoms with Crippen LogP contribution >= 0.6 is 0 Å². The van der Waals surface area contributed by atoms with Crippen molar-refractivity contribution >= 4 is 11.4 Å². The van der Waals surface area contributed by atoms with E-state index in [2.05, 4.69) is 24.9 Å². The van der Waals surface area contributed by atoms with Crippen LogP contribution in [0.2, 0.25) is 0 Å². The van der Waals surface area contributed by atoms with Crippen molar-refractivity contribution in [3.63, 3.8) is 0 Å². The van der Waals surface area contributed by atoms with Gasteiger partial charge in [-0.05, 0) is 43.5 Å². The number of nitrogens with zero attached hydrogens (tertiary/aromatic N) is 1. The van der Waals surface area contributed by atoms with Gasteiger partial charge in [-0.15, -0.1) is 0 Å². The van der Waals surface area contributed by atoms with Gasteiger partial charge in [-0.2, -0.15) is 0 Å². The van der Waals surface area contributed by atoms with Gasteiger partial charge >= 0.3 is 0 Å². The second kappa shape index (κ2) is 2.95. The molecule has 2 N–H and O–H groups in total. The Kier molecular flexibility index (Phi) is 1.91. The molecule has 0 radical (unpaired) electrons. The van der Waals surface area contributed by atoms with E-state index in [0.717, 1.165) is 11.7 Å². The van der Waals surface area contributed by atoms with Crippen LogP contribution in [0.15, 0.2) is 18.2 Å². The normalized spacial score (nSPS) is 15.8. The fourth-order valence-corrected chi connectivity index (χ4v) is 1.67. The number of anilines is 2. The number of nitrogens with two attached hydrogens (primary N) is 1. The highest BCUT2D eigenvalue weighted by Gasteiger charge is 2.26. The van der Waals surface area contributed by atoms with Gasteiger partial charge in [0.25, 0.3) is 0 Å². The van der Waals surface area contributed by atoms with E-state index in [1.54, 1.807) is 0 Å². The molecule has 2 heteroatoms. The molecule has 0 bridgehead atoms. The monoisotopic (exact) mass is 176 g/mol. The molecule has 0 aliphatic heterocycles. The summed E-state index contributed by atoms with van der Waals surface area (Å²) >= 11 is 0. The summed E-state index contributed by atoms with van der Waals surface area (Å²) in [4.78, 5) is 2.32. The van der Waals surface area contributed by atoms with Crippen molar-refractivity contribution in [2.45, 2.75) is 25.8 Å². The molecule has 0 saturated heterocycles. The first-order chi connectivity index (χ1) is 6.16. The quantitative estimate of drug-likeness (QED) is 0.700. The van der Waals surface area contributed by atoms with E-state index in [0.29, 0.717) is 0 Å². The van der Waals surface area contributed by atoms with Gasteiger partial charge in [-0.3, -0.25) is 0 Å². The Bertz CT molecular complexity index is 296. The molecular weight excluding hydrogens is 160 g/mol. The summed E-state index contributed by atoms with van der Waals surface area (Å²) in [7, 11) is 2.14. The van der Waals surface area contributed by atoms with Gasteiger partial charge in [-0.25, -0.2) is 0 Å². The van der Waals surface area contributed by atoms with Gasteiger partial charge in [0.05, 0.1) is 0 Å². The summed E-state index contributed by atoms with van der Waals surface area (Å²) in [6.45, 7) is 2.08. The van der Waals surface area contributed by atoms with Crippen molar-refractivity contribution in [1.82, 2.24) is 0 Å². The first-order valence-corrected chi connectivity index (χ1v) is 4.77. The van der Waals surface area contributed by atoms with E-state index in [4.69, 9.17) is 5.73 Å². The van der Waals surface area contributed by atoms with E-state index >= 15 is 0 Å². The number of aryl methyl sites for hydroxylation is 1. The smallest absolute Gasteiger partial charge is 0.0389 e. The predicted octanol–water partition coefficient (Wildman–Crippen LogP) is 2.18. The second-order valence-corrected chi connectivity index (χ2v) is 3.94. The number of rotatable bonds is 2. The van der Waals surface area contributed by atoms with Crippen molar-refractivity contribution in [2.75, 3.05) is 17.7 Å². The number of benzene rings is 1. The minimum absolute atomic E-state index is 0.751. The maximum atomic E-state index is 5.79. The van der Waals surface area contributed by atoms with Gasteiger partial charge < -0.3 is 10.6 Å². The lowest BCUT2D eigenvalue weighted by molar-refractivity contribution is 0.916. The standard InChI is InChI=1S/C11H16N2/c1-8-5-9(12)7-11(6-8)13(2)10-3-4-10/h5-7,10H,3-4,12H2,1-2H3. The first-order valence-electron chi connectivity index (χ1n) is 4.77. The molecule has 2 rings (SSSR count). The van der Waals surface area contributed by atoms with Crippen LogP contribution in [0.5, 0.6) is 0 Å². The van der Waals surface area contributed by atoms with Crippen LogP contribution in [0.4, 0.5) is 11.4 Å². The van der Waals surface area contributed by atoms with Crippen LogP contribution < -0.4 is 10.6 Å². The Morgan fingerprint density at radius 1 is 1.31 bits per heavy atom. The van der Waals surface area contributed by atoms with Crippen molar-refractivity contribution in [2.24, 2.45) is 0 Å². The minimum atomic E-state index is 0.751. The first kappa shape index (κ1) is 8.42. The molecule has 1 aromatic carbocycles. The predicted molar refractivity (Wildman–Crippen MR) is 57.0 cm³/mol. The molecule has 1 saturated carbocycles. The molecule has 1 aliphatic carbocycles. The number of hydrogen-bond acceptors (Lipinski definition) is 2. The molecule has 0 spiro atoms. The van der Waals surface area contributed by atoms with Crippen molar-refractivity contribution in [3.05, 3.63) is 23.8 Å². The van der Waals surface area contributed by atoms with Crippen LogP contribution in [0.3, 0.4) is 0 Å². The Morgan fingerprint density at radius 3 is 2.54 bits per heavy atom. The number of hydrogen-bond donors (Lipinski definition) is 1. The fourth-order valence-electron chi connectivity index (χ4n) is 1.67. The highest BCUT2D eigenvalue weighted by atomic mass is 15.2. The average molecular weight is 176 g/mol. The zero-order valence-electron chi connectivity index (χ0n) is 8.25. The molecule has 1 aliphatic rings. The molecule has 70 valence electrons. The summed E-state index contributed by atoms with van der Waals surface area (Å²) in [5.41, 5.74) is 9.14. The lowest BCUT2D eigenvalue weighted by atomic mass is 10.2. The molecule has 0 unspecified atom stereocenters. The van der Waals surface area contributed by atoms with Gasteiger partial charge in [0.1, 0.15) is 0 Å². The molecule has 0 amide bonds. The van der Waals surface area contributed by atoms with Crippen LogP contribution in [0.25, 0.3) is 0 Å². The van der Waals surface area contributed by atoms with E-state index in [1.807, 2.05) is 12.1 Å². The molecule has 13 heavy (non-hydrogen) atoms. The third kappa shape index (κ3) is 1.77. The fraction of sp³-hybridized carbons (Fsp3) is 0.455. The summed E-state index contributed by atoms with van der Waals surface area (Å²) < 4.78 is 0. The molecule has 0 heterocycles. The SMILES string of the molecule is Cc1cc(N)cc(N(C)C2CC2)c1. The third-order valence-corrected chi connectivity index (χ3v) is 2.59. The van der Waals surface area contributed by atoms with Gasteiger partial charge in [0.15, 0.2) is 0 Å². The zero-order valence-corrected chi connectivity index (χ0v) is 8.25. The average Bonchev–Trinajstić information content (AvgIpc) is 2.83. The van der Waals surface area contributed by atoms with Crippen LogP contribution in [-0.4, -0.2) is 13.1 Å². The van der Waals surface area contributed by atoms with Crippen molar-refractivity contribution < 1.29 is 0 Å². The molecule has 2 nitrogen and oxygen atoms in total. The largest absolute Gasteiger partial charge is 0.399 e. The summed E-state index contributed by atoms with van der Waals surface area (Å²) in [6, 6.07) is 6.99. The Balaban J connectivity index is 2.27. The summed E-state index contributed by atoms with van der Waals surface area (Å²) in [6.07, 6.45) is 2.65. The Hall–Kier alpha value is -1.18. The molecular formula is C11H16N2. The maximum absolute atomic E-state index is 5.79. The van der Waals surface area contributed by atoms with E-state index < -0.39 is 0 Å². The lowest BCUT2D eigenvalue weighted by Gasteiger charge is -2.19. The summed E-state index contributed by atoms with van der Waals surface area (Å²) in [5.74, 6) is 0. The molecule has 1 fully saturated rings. The Labute approximate surface area is 79.4 Å². The van der Waals surface area contributed by atoms with Gasteiger partial charge in [0.2, 0.25) is 0 Å². The molecule has 0 aromatic heterocycles. The second-order valence-electron chi connectivity index (χ2n) is 3.94. The Morgan fingerprint density at radius 2 is 2.00 bits per heavy atom. The van der Waals surface area contributed by atoms with Gasteiger partial charge in [0, 0.05) is 24.5 Å². The lowest BCUT2D eigenvalue weighted by Crippen LogP contribution is -2.19. The summed E-state index contributed by atoms with van der Waals surface area (Å²) in [5, 5.41) is 0. The van der Waals surface area contributed by atoms with E-state index in [1.165, 1.54) is 24.1 Å².